The number of nitrogens with zero attached hydrogens (tertiary/aromatic N) is 1. The first-order valence-corrected chi connectivity index (χ1v) is 10.4. The van der Waals surface area contributed by atoms with Crippen molar-refractivity contribution in [2.24, 2.45) is 5.10 Å². The quantitative estimate of drug-likeness (QED) is 0.430. The second kappa shape index (κ2) is 10.3. The monoisotopic (exact) mass is 445 g/mol. The van der Waals surface area contributed by atoms with E-state index in [1.807, 2.05) is 43.3 Å². The molecule has 1 heterocycles. The number of para-hydroxylation sites is 2. The van der Waals surface area contributed by atoms with Crippen molar-refractivity contribution < 1.29 is 23.8 Å². The van der Waals surface area contributed by atoms with Gasteiger partial charge in [0.1, 0.15) is 12.4 Å². The molecule has 0 radical (unpaired) electrons. The summed E-state index contributed by atoms with van der Waals surface area (Å²) >= 11 is 0. The van der Waals surface area contributed by atoms with Crippen LogP contribution in [0.1, 0.15) is 11.1 Å². The molecule has 0 bridgehead atoms. The molecule has 1 aliphatic heterocycles. The van der Waals surface area contributed by atoms with Gasteiger partial charge in [-0.3, -0.25) is 9.59 Å². The SMILES string of the molecule is Cc1ccc(NC(=O)COc2ccc(/C=N\NC(=O)[C@H]3COc4ccccc4O3)cc2)cc1. The van der Waals surface area contributed by atoms with E-state index in [9.17, 15) is 9.59 Å². The Morgan fingerprint density at radius 3 is 2.52 bits per heavy atom. The number of amides is 2. The average molecular weight is 445 g/mol. The van der Waals surface area contributed by atoms with Gasteiger partial charge in [0.05, 0.1) is 6.21 Å². The lowest BCUT2D eigenvalue weighted by atomic mass is 10.2. The summed E-state index contributed by atoms with van der Waals surface area (Å²) in [6, 6.07) is 21.7. The number of rotatable bonds is 7. The number of hydrazone groups is 1. The third kappa shape index (κ3) is 6.10. The molecule has 1 atom stereocenters. The maximum atomic E-state index is 12.3. The van der Waals surface area contributed by atoms with E-state index in [0.29, 0.717) is 17.2 Å². The predicted octanol–water partition coefficient (Wildman–Crippen LogP) is 3.30. The Kier molecular flexibility index (Phi) is 6.84. The van der Waals surface area contributed by atoms with Crippen LogP contribution >= 0.6 is 0 Å². The van der Waals surface area contributed by atoms with Gasteiger partial charge in [0.25, 0.3) is 11.8 Å². The van der Waals surface area contributed by atoms with Crippen molar-refractivity contribution in [1.29, 1.82) is 0 Å². The highest BCUT2D eigenvalue weighted by molar-refractivity contribution is 5.91. The van der Waals surface area contributed by atoms with Crippen LogP contribution in [0.5, 0.6) is 17.2 Å². The fourth-order valence-electron chi connectivity index (χ4n) is 3.02. The van der Waals surface area contributed by atoms with Gasteiger partial charge in [-0.25, -0.2) is 5.43 Å². The van der Waals surface area contributed by atoms with Crippen LogP contribution < -0.4 is 25.0 Å². The van der Waals surface area contributed by atoms with Gasteiger partial charge in [-0.2, -0.15) is 5.10 Å². The Morgan fingerprint density at radius 2 is 1.76 bits per heavy atom. The van der Waals surface area contributed by atoms with E-state index >= 15 is 0 Å². The molecule has 3 aromatic carbocycles. The standard InChI is InChI=1S/C25H23N3O5/c1-17-6-10-19(11-7-17)27-24(29)16-31-20-12-8-18(9-13-20)14-26-28-25(30)23-15-32-21-4-2-3-5-22(21)33-23/h2-14,23H,15-16H2,1H3,(H,27,29)(H,28,30)/b26-14-/t23-/m1/s1. The predicted molar refractivity (Wildman–Crippen MR) is 124 cm³/mol. The molecule has 4 rings (SSSR count). The molecule has 0 aromatic heterocycles. The van der Waals surface area contributed by atoms with Crippen LogP contribution in [0, 0.1) is 6.92 Å². The van der Waals surface area contributed by atoms with Gasteiger partial charge in [0.15, 0.2) is 18.1 Å². The zero-order valence-electron chi connectivity index (χ0n) is 18.0. The van der Waals surface area contributed by atoms with Crippen molar-refractivity contribution in [3.63, 3.8) is 0 Å². The Labute approximate surface area is 191 Å². The summed E-state index contributed by atoms with van der Waals surface area (Å²) in [5.74, 6) is 1.03. The molecule has 33 heavy (non-hydrogen) atoms. The first-order valence-electron chi connectivity index (χ1n) is 10.4. The zero-order chi connectivity index (χ0) is 23.0. The van der Waals surface area contributed by atoms with Crippen LogP contribution in [0.2, 0.25) is 0 Å². The molecule has 0 unspecified atom stereocenters. The molecule has 1 aliphatic rings. The molecular formula is C25H23N3O5. The van der Waals surface area contributed by atoms with Crippen LogP contribution in [0.15, 0.2) is 77.9 Å². The van der Waals surface area contributed by atoms with E-state index in [1.54, 1.807) is 36.4 Å². The number of carbonyl (C=O) groups is 2. The molecule has 3 aromatic rings. The van der Waals surface area contributed by atoms with E-state index < -0.39 is 12.0 Å². The minimum atomic E-state index is -0.779. The first-order chi connectivity index (χ1) is 16.1. The number of carbonyl (C=O) groups excluding carboxylic acids is 2. The van der Waals surface area contributed by atoms with Crippen molar-refractivity contribution in [2.75, 3.05) is 18.5 Å². The number of fused-ring (bicyclic) bond motifs is 1. The second-order valence-corrected chi connectivity index (χ2v) is 7.37. The highest BCUT2D eigenvalue weighted by atomic mass is 16.6. The molecule has 8 heteroatoms. The molecular weight excluding hydrogens is 422 g/mol. The Bertz CT molecular complexity index is 1140. The molecule has 0 saturated heterocycles. The number of hydrogen-bond donors (Lipinski definition) is 2. The second-order valence-electron chi connectivity index (χ2n) is 7.37. The van der Waals surface area contributed by atoms with Crippen LogP contribution in [-0.2, 0) is 9.59 Å². The number of ether oxygens (including phenoxy) is 3. The van der Waals surface area contributed by atoms with E-state index in [-0.39, 0.29) is 19.1 Å². The van der Waals surface area contributed by atoms with Crippen LogP contribution in [0.25, 0.3) is 0 Å². The highest BCUT2D eigenvalue weighted by Crippen LogP contribution is 2.30. The third-order valence-corrected chi connectivity index (χ3v) is 4.77. The lowest BCUT2D eigenvalue weighted by molar-refractivity contribution is -0.130. The molecule has 2 N–H and O–H groups in total. The zero-order valence-corrected chi connectivity index (χ0v) is 18.0. The lowest BCUT2D eigenvalue weighted by Crippen LogP contribution is -2.42. The van der Waals surface area contributed by atoms with E-state index in [2.05, 4.69) is 15.8 Å². The van der Waals surface area contributed by atoms with Gasteiger partial charge in [0.2, 0.25) is 6.10 Å². The highest BCUT2D eigenvalue weighted by Gasteiger charge is 2.26. The summed E-state index contributed by atoms with van der Waals surface area (Å²) in [6.07, 6.45) is 0.725. The van der Waals surface area contributed by atoms with Crippen molar-refractivity contribution >= 4 is 23.7 Å². The number of aryl methyl sites for hydroxylation is 1. The van der Waals surface area contributed by atoms with Gasteiger partial charge in [0, 0.05) is 5.69 Å². The average Bonchev–Trinajstić information content (AvgIpc) is 2.84. The Hall–Kier alpha value is -4.33. The van der Waals surface area contributed by atoms with Gasteiger partial charge in [-0.15, -0.1) is 0 Å². The van der Waals surface area contributed by atoms with Crippen molar-refractivity contribution in [1.82, 2.24) is 5.43 Å². The summed E-state index contributed by atoms with van der Waals surface area (Å²) in [6.45, 7) is 1.99. The van der Waals surface area contributed by atoms with Gasteiger partial charge in [-0.1, -0.05) is 29.8 Å². The number of nitrogens with one attached hydrogen (secondary N) is 2. The smallest absolute Gasteiger partial charge is 0.284 e. The van der Waals surface area contributed by atoms with Gasteiger partial charge < -0.3 is 19.5 Å². The minimum Gasteiger partial charge on any atom is -0.485 e. The number of benzene rings is 3. The summed E-state index contributed by atoms with van der Waals surface area (Å²) in [7, 11) is 0. The largest absolute Gasteiger partial charge is 0.485 e. The molecule has 0 spiro atoms. The van der Waals surface area contributed by atoms with Gasteiger partial charge in [-0.05, 0) is 61.0 Å². The van der Waals surface area contributed by atoms with Crippen LogP contribution in [0.3, 0.4) is 0 Å². The van der Waals surface area contributed by atoms with Crippen molar-refractivity contribution in [3.8, 4) is 17.2 Å². The summed E-state index contributed by atoms with van der Waals surface area (Å²) in [5.41, 5.74) is 5.04. The first kappa shape index (κ1) is 21.9. The summed E-state index contributed by atoms with van der Waals surface area (Å²) in [4.78, 5) is 24.3. The minimum absolute atomic E-state index is 0.107. The number of hydrogen-bond acceptors (Lipinski definition) is 6. The fraction of sp³-hybridized carbons (Fsp3) is 0.160. The summed E-state index contributed by atoms with van der Waals surface area (Å²) < 4.78 is 16.7. The molecule has 0 saturated carbocycles. The van der Waals surface area contributed by atoms with E-state index in [0.717, 1.165) is 16.8 Å². The lowest BCUT2D eigenvalue weighted by Gasteiger charge is -2.24. The Morgan fingerprint density at radius 1 is 1.03 bits per heavy atom. The fourth-order valence-corrected chi connectivity index (χ4v) is 3.02. The Balaban J connectivity index is 1.21. The topological polar surface area (TPSA) is 98.2 Å². The molecule has 2 amide bonds. The summed E-state index contributed by atoms with van der Waals surface area (Å²) in [5, 5.41) is 6.74. The van der Waals surface area contributed by atoms with E-state index in [4.69, 9.17) is 14.2 Å². The molecule has 0 fully saturated rings. The molecule has 168 valence electrons. The normalized spacial score (nSPS) is 14.5. The van der Waals surface area contributed by atoms with E-state index in [1.165, 1.54) is 6.21 Å². The van der Waals surface area contributed by atoms with Crippen molar-refractivity contribution in [3.05, 3.63) is 83.9 Å². The third-order valence-electron chi connectivity index (χ3n) is 4.77. The molecule has 0 aliphatic carbocycles. The van der Waals surface area contributed by atoms with Crippen molar-refractivity contribution in [2.45, 2.75) is 13.0 Å². The molecule has 8 nitrogen and oxygen atoms in total. The maximum Gasteiger partial charge on any atom is 0.284 e. The van der Waals surface area contributed by atoms with Crippen LogP contribution in [0.4, 0.5) is 5.69 Å². The van der Waals surface area contributed by atoms with Crippen LogP contribution in [-0.4, -0.2) is 37.3 Å². The number of anilines is 1. The maximum absolute atomic E-state index is 12.3. The van der Waals surface area contributed by atoms with Gasteiger partial charge >= 0.3 is 0 Å².